The molecule has 118 valence electrons. The summed E-state index contributed by atoms with van der Waals surface area (Å²) in [5.74, 6) is 1.33. The van der Waals surface area contributed by atoms with Crippen molar-refractivity contribution in [3.8, 4) is 5.75 Å². The lowest BCUT2D eigenvalue weighted by Crippen LogP contribution is -2.25. The third kappa shape index (κ3) is 4.44. The molecule has 2 nitrogen and oxygen atoms in total. The quantitative estimate of drug-likeness (QED) is 0.810. The van der Waals surface area contributed by atoms with Gasteiger partial charge in [-0.3, -0.25) is 0 Å². The van der Waals surface area contributed by atoms with Gasteiger partial charge in [-0.2, -0.15) is 0 Å². The molecule has 0 bridgehead atoms. The minimum absolute atomic E-state index is 0.178. The van der Waals surface area contributed by atoms with Crippen molar-refractivity contribution in [1.29, 1.82) is 0 Å². The second-order valence-electron chi connectivity index (χ2n) is 6.13. The van der Waals surface area contributed by atoms with E-state index in [1.54, 1.807) is 0 Å². The second-order valence-corrected chi connectivity index (χ2v) is 6.13. The maximum atomic E-state index is 13.6. The molecule has 1 fully saturated rings. The zero-order valence-electron chi connectivity index (χ0n) is 13.5. The Morgan fingerprint density at radius 3 is 2.57 bits per heavy atom. The fourth-order valence-electron chi connectivity index (χ4n) is 3.22. The lowest BCUT2D eigenvalue weighted by atomic mass is 9.86. The predicted octanol–water partition coefficient (Wildman–Crippen LogP) is 4.84. The summed E-state index contributed by atoms with van der Waals surface area (Å²) in [6, 6.07) is 5.08. The van der Waals surface area contributed by atoms with Crippen LogP contribution in [0, 0.1) is 11.7 Å². The third-order valence-corrected chi connectivity index (χ3v) is 4.62. The van der Waals surface area contributed by atoms with Crippen molar-refractivity contribution < 1.29 is 9.13 Å². The molecule has 0 aromatic heterocycles. The molecule has 1 aliphatic rings. The van der Waals surface area contributed by atoms with Crippen LogP contribution < -0.4 is 10.1 Å². The summed E-state index contributed by atoms with van der Waals surface area (Å²) in [5.41, 5.74) is 1.05. The minimum Gasteiger partial charge on any atom is -0.490 e. The van der Waals surface area contributed by atoms with Gasteiger partial charge < -0.3 is 10.1 Å². The Hall–Kier alpha value is -1.09. The summed E-state index contributed by atoms with van der Waals surface area (Å²) in [6.07, 6.45) is 6.13. The van der Waals surface area contributed by atoms with Gasteiger partial charge in [-0.1, -0.05) is 26.3 Å². The summed E-state index contributed by atoms with van der Waals surface area (Å²) in [6.45, 7) is 7.32. The van der Waals surface area contributed by atoms with E-state index in [2.05, 4.69) is 26.1 Å². The van der Waals surface area contributed by atoms with E-state index in [-0.39, 0.29) is 18.0 Å². The molecular weight excluding hydrogens is 265 g/mol. The standard InChI is InChI=1S/C18H28FNO/c1-4-14-6-9-16(10-7-14)21-18-12-15(19)8-11-17(18)13(3)20-5-2/h8,11-14,16,20H,4-7,9-10H2,1-3H3. The summed E-state index contributed by atoms with van der Waals surface area (Å²) >= 11 is 0. The van der Waals surface area contributed by atoms with Crippen molar-refractivity contribution in [2.75, 3.05) is 6.54 Å². The Labute approximate surface area is 128 Å². The fraction of sp³-hybridized carbons (Fsp3) is 0.667. The van der Waals surface area contributed by atoms with Crippen molar-refractivity contribution in [3.63, 3.8) is 0 Å². The Balaban J connectivity index is 2.06. The monoisotopic (exact) mass is 293 g/mol. The minimum atomic E-state index is -0.223. The number of nitrogens with one attached hydrogen (secondary N) is 1. The number of hydrogen-bond donors (Lipinski definition) is 1. The maximum Gasteiger partial charge on any atom is 0.127 e. The van der Waals surface area contributed by atoms with E-state index in [0.717, 1.165) is 30.9 Å². The summed E-state index contributed by atoms with van der Waals surface area (Å²) in [5, 5.41) is 3.37. The van der Waals surface area contributed by atoms with E-state index in [0.29, 0.717) is 5.75 Å². The molecule has 3 heteroatoms. The van der Waals surface area contributed by atoms with E-state index < -0.39 is 0 Å². The second kappa shape index (κ2) is 7.79. The molecule has 1 aromatic carbocycles. The summed E-state index contributed by atoms with van der Waals surface area (Å²) < 4.78 is 19.7. The first-order chi connectivity index (χ1) is 10.1. The van der Waals surface area contributed by atoms with Gasteiger partial charge in [0.1, 0.15) is 11.6 Å². The molecule has 0 aliphatic heterocycles. The third-order valence-electron chi connectivity index (χ3n) is 4.62. The van der Waals surface area contributed by atoms with Crippen LogP contribution in [0.1, 0.15) is 64.5 Å². The molecule has 1 atom stereocenters. The zero-order valence-corrected chi connectivity index (χ0v) is 13.5. The fourth-order valence-corrected chi connectivity index (χ4v) is 3.22. The van der Waals surface area contributed by atoms with E-state index >= 15 is 0 Å². The van der Waals surface area contributed by atoms with Crippen LogP contribution in [-0.4, -0.2) is 12.6 Å². The molecule has 0 amide bonds. The molecule has 0 spiro atoms. The van der Waals surface area contributed by atoms with Crippen LogP contribution in [0.2, 0.25) is 0 Å². The summed E-state index contributed by atoms with van der Waals surface area (Å²) in [7, 11) is 0. The van der Waals surface area contributed by atoms with E-state index in [4.69, 9.17) is 4.74 Å². The van der Waals surface area contributed by atoms with Gasteiger partial charge in [-0.15, -0.1) is 0 Å². The molecule has 2 rings (SSSR count). The highest BCUT2D eigenvalue weighted by molar-refractivity contribution is 5.36. The lowest BCUT2D eigenvalue weighted by Gasteiger charge is -2.29. The summed E-state index contributed by atoms with van der Waals surface area (Å²) in [4.78, 5) is 0. The van der Waals surface area contributed by atoms with Crippen LogP contribution in [0.4, 0.5) is 4.39 Å². The molecule has 0 radical (unpaired) electrons. The SMILES string of the molecule is CCNC(C)c1ccc(F)cc1OC1CCC(CC)CC1. The molecular formula is C18H28FNO. The molecule has 1 aromatic rings. The van der Waals surface area contributed by atoms with Gasteiger partial charge in [0.25, 0.3) is 0 Å². The number of halogens is 1. The Morgan fingerprint density at radius 1 is 1.24 bits per heavy atom. The first-order valence-corrected chi connectivity index (χ1v) is 8.33. The van der Waals surface area contributed by atoms with Gasteiger partial charge in [0.15, 0.2) is 0 Å². The van der Waals surface area contributed by atoms with Gasteiger partial charge in [-0.05, 0) is 51.1 Å². The topological polar surface area (TPSA) is 21.3 Å². The molecule has 1 unspecified atom stereocenters. The van der Waals surface area contributed by atoms with Crippen molar-refractivity contribution in [2.24, 2.45) is 5.92 Å². The van der Waals surface area contributed by atoms with Crippen molar-refractivity contribution in [1.82, 2.24) is 5.32 Å². The molecule has 21 heavy (non-hydrogen) atoms. The van der Waals surface area contributed by atoms with Crippen molar-refractivity contribution >= 4 is 0 Å². The highest BCUT2D eigenvalue weighted by Gasteiger charge is 2.23. The Bertz CT molecular complexity index is 441. The number of rotatable bonds is 6. The molecule has 0 heterocycles. The van der Waals surface area contributed by atoms with E-state index in [9.17, 15) is 4.39 Å². The van der Waals surface area contributed by atoms with Crippen LogP contribution in [0.15, 0.2) is 18.2 Å². The number of hydrogen-bond acceptors (Lipinski definition) is 2. The predicted molar refractivity (Wildman–Crippen MR) is 85.2 cm³/mol. The molecule has 1 aliphatic carbocycles. The van der Waals surface area contributed by atoms with Crippen LogP contribution >= 0.6 is 0 Å². The average molecular weight is 293 g/mol. The number of ether oxygens (including phenoxy) is 1. The smallest absolute Gasteiger partial charge is 0.127 e. The highest BCUT2D eigenvalue weighted by Crippen LogP contribution is 2.32. The highest BCUT2D eigenvalue weighted by atomic mass is 19.1. The molecule has 0 saturated heterocycles. The van der Waals surface area contributed by atoms with Crippen molar-refractivity contribution in [2.45, 2.75) is 65.0 Å². The van der Waals surface area contributed by atoms with Crippen LogP contribution in [-0.2, 0) is 0 Å². The first-order valence-electron chi connectivity index (χ1n) is 8.33. The maximum absolute atomic E-state index is 13.6. The van der Waals surface area contributed by atoms with Gasteiger partial charge in [0, 0.05) is 17.7 Å². The van der Waals surface area contributed by atoms with Gasteiger partial charge in [0.2, 0.25) is 0 Å². The van der Waals surface area contributed by atoms with Gasteiger partial charge >= 0.3 is 0 Å². The van der Waals surface area contributed by atoms with Gasteiger partial charge in [-0.25, -0.2) is 4.39 Å². The zero-order chi connectivity index (χ0) is 15.2. The lowest BCUT2D eigenvalue weighted by molar-refractivity contribution is 0.127. The normalized spacial score (nSPS) is 23.8. The average Bonchev–Trinajstić information content (AvgIpc) is 2.48. The van der Waals surface area contributed by atoms with E-state index in [1.807, 2.05) is 6.07 Å². The number of benzene rings is 1. The van der Waals surface area contributed by atoms with Crippen molar-refractivity contribution in [3.05, 3.63) is 29.6 Å². The molecule has 1 N–H and O–H groups in total. The first kappa shape index (κ1) is 16.3. The van der Waals surface area contributed by atoms with Crippen LogP contribution in [0.5, 0.6) is 5.75 Å². The largest absolute Gasteiger partial charge is 0.490 e. The van der Waals surface area contributed by atoms with Crippen LogP contribution in [0.25, 0.3) is 0 Å². The van der Waals surface area contributed by atoms with Crippen LogP contribution in [0.3, 0.4) is 0 Å². The Morgan fingerprint density at radius 2 is 1.95 bits per heavy atom. The molecule has 1 saturated carbocycles. The van der Waals surface area contributed by atoms with E-state index in [1.165, 1.54) is 31.4 Å². The Kier molecular flexibility index (Phi) is 6.04. The van der Waals surface area contributed by atoms with Gasteiger partial charge in [0.05, 0.1) is 6.10 Å².